The van der Waals surface area contributed by atoms with Gasteiger partial charge in [0.25, 0.3) is 10.2 Å². The van der Waals surface area contributed by atoms with Gasteiger partial charge in [-0.15, -0.1) is 11.6 Å². The van der Waals surface area contributed by atoms with Gasteiger partial charge < -0.3 is 0 Å². The minimum Gasteiger partial charge on any atom is -0.195 e. The Morgan fingerprint density at radius 2 is 1.94 bits per heavy atom. The molecule has 2 saturated heterocycles. The van der Waals surface area contributed by atoms with Gasteiger partial charge in [-0.3, -0.25) is 0 Å². The van der Waals surface area contributed by atoms with Crippen LogP contribution < -0.4 is 0 Å². The van der Waals surface area contributed by atoms with E-state index in [1.807, 2.05) is 6.92 Å². The zero-order valence-corrected chi connectivity index (χ0v) is 12.8. The molecule has 2 rings (SSSR count). The molecule has 0 aromatic carbocycles. The fourth-order valence-corrected chi connectivity index (χ4v) is 5.72. The molecule has 2 fully saturated rings. The van der Waals surface area contributed by atoms with Crippen molar-refractivity contribution in [3.8, 4) is 0 Å². The van der Waals surface area contributed by atoms with Crippen LogP contribution in [0, 0.1) is 5.92 Å². The third-order valence-corrected chi connectivity index (χ3v) is 6.60. The smallest absolute Gasteiger partial charge is 0.195 e. The molecule has 2 heterocycles. The van der Waals surface area contributed by atoms with Crippen molar-refractivity contribution in [3.63, 3.8) is 0 Å². The fourth-order valence-electron chi connectivity index (χ4n) is 3.15. The van der Waals surface area contributed by atoms with E-state index in [1.54, 1.807) is 8.61 Å². The van der Waals surface area contributed by atoms with Crippen molar-refractivity contribution in [2.75, 3.05) is 19.0 Å². The molecule has 0 aromatic rings. The van der Waals surface area contributed by atoms with E-state index in [-0.39, 0.29) is 12.1 Å². The highest BCUT2D eigenvalue weighted by molar-refractivity contribution is 7.86. The van der Waals surface area contributed by atoms with Crippen LogP contribution in [0.5, 0.6) is 0 Å². The first-order valence-electron chi connectivity index (χ1n) is 6.81. The number of rotatable bonds is 3. The molecule has 0 bridgehead atoms. The number of hydrogen-bond donors (Lipinski definition) is 0. The predicted octanol–water partition coefficient (Wildman–Crippen LogP) is 2.05. The second kappa shape index (κ2) is 5.65. The van der Waals surface area contributed by atoms with Crippen LogP contribution in [-0.2, 0) is 10.2 Å². The van der Waals surface area contributed by atoms with Gasteiger partial charge in [-0.2, -0.15) is 17.0 Å². The first kappa shape index (κ1) is 14.6. The van der Waals surface area contributed by atoms with E-state index >= 15 is 0 Å². The van der Waals surface area contributed by atoms with Crippen LogP contribution in [0.15, 0.2) is 0 Å². The number of alkyl halides is 1. The molecule has 2 aliphatic rings. The molecule has 4 nitrogen and oxygen atoms in total. The summed E-state index contributed by atoms with van der Waals surface area (Å²) in [5.74, 6) is 0.853. The zero-order valence-electron chi connectivity index (χ0n) is 11.2. The van der Waals surface area contributed by atoms with E-state index < -0.39 is 10.2 Å². The summed E-state index contributed by atoms with van der Waals surface area (Å²) in [6.07, 6.45) is 3.87. The maximum atomic E-state index is 12.7. The standard InChI is InChI=1S/C12H23ClN2O2S/c1-10-7-11(2)15(9-10)18(16,17)14-6-4-3-5-12(14)8-13/h10-12H,3-9H2,1-2H3. The van der Waals surface area contributed by atoms with Crippen molar-refractivity contribution < 1.29 is 8.42 Å². The van der Waals surface area contributed by atoms with Crippen molar-refractivity contribution >= 4 is 21.8 Å². The minimum absolute atomic E-state index is 0.0199. The van der Waals surface area contributed by atoms with E-state index in [0.717, 1.165) is 25.7 Å². The molecule has 3 atom stereocenters. The average Bonchev–Trinajstić information content (AvgIpc) is 2.69. The number of piperidine rings is 1. The van der Waals surface area contributed by atoms with Gasteiger partial charge in [0.15, 0.2) is 0 Å². The first-order valence-corrected chi connectivity index (χ1v) is 8.74. The number of halogens is 1. The molecular weight excluding hydrogens is 272 g/mol. The Bertz CT molecular complexity index is 388. The Hall–Kier alpha value is 0.160. The highest BCUT2D eigenvalue weighted by atomic mass is 35.5. The molecule has 0 spiro atoms. The predicted molar refractivity (Wildman–Crippen MR) is 73.9 cm³/mol. The molecule has 106 valence electrons. The van der Waals surface area contributed by atoms with Gasteiger partial charge in [0.05, 0.1) is 0 Å². The van der Waals surface area contributed by atoms with E-state index in [2.05, 4.69) is 6.92 Å². The average molecular weight is 295 g/mol. The number of hydrogen-bond acceptors (Lipinski definition) is 2. The van der Waals surface area contributed by atoms with E-state index in [4.69, 9.17) is 11.6 Å². The Labute approximate surface area is 115 Å². The summed E-state index contributed by atoms with van der Waals surface area (Å²) in [5, 5.41) is 0. The molecule has 2 aliphatic heterocycles. The van der Waals surface area contributed by atoms with Crippen LogP contribution in [-0.4, -0.2) is 48.1 Å². The molecule has 18 heavy (non-hydrogen) atoms. The van der Waals surface area contributed by atoms with Crippen molar-refractivity contribution in [2.24, 2.45) is 5.92 Å². The molecule has 0 radical (unpaired) electrons. The Morgan fingerprint density at radius 1 is 1.22 bits per heavy atom. The molecule has 0 amide bonds. The normalized spacial score (nSPS) is 36.1. The second-order valence-corrected chi connectivity index (χ2v) is 7.82. The van der Waals surface area contributed by atoms with Gasteiger partial charge in [-0.05, 0) is 32.1 Å². The van der Waals surface area contributed by atoms with Crippen molar-refractivity contribution in [3.05, 3.63) is 0 Å². The summed E-state index contributed by atoms with van der Waals surface area (Å²) in [6, 6.07) is 0.0939. The summed E-state index contributed by atoms with van der Waals surface area (Å²) >= 11 is 5.93. The lowest BCUT2D eigenvalue weighted by atomic mass is 10.1. The minimum atomic E-state index is -3.32. The van der Waals surface area contributed by atoms with Crippen molar-refractivity contribution in [1.82, 2.24) is 8.61 Å². The highest BCUT2D eigenvalue weighted by Crippen LogP contribution is 2.30. The van der Waals surface area contributed by atoms with E-state index in [1.165, 1.54) is 0 Å². The number of nitrogens with zero attached hydrogens (tertiary/aromatic N) is 2. The van der Waals surface area contributed by atoms with Crippen molar-refractivity contribution in [2.45, 2.75) is 51.6 Å². The maximum absolute atomic E-state index is 12.7. The lowest BCUT2D eigenvalue weighted by molar-refractivity contribution is 0.244. The zero-order chi connectivity index (χ0) is 13.3. The highest BCUT2D eigenvalue weighted by Gasteiger charge is 2.41. The molecule has 0 aliphatic carbocycles. The Kier molecular flexibility index (Phi) is 4.57. The maximum Gasteiger partial charge on any atom is 0.282 e. The molecule has 3 unspecified atom stereocenters. The Balaban J connectivity index is 2.19. The van der Waals surface area contributed by atoms with Gasteiger partial charge in [0, 0.05) is 31.1 Å². The lowest BCUT2D eigenvalue weighted by Gasteiger charge is -2.37. The molecule has 0 aromatic heterocycles. The lowest BCUT2D eigenvalue weighted by Crippen LogP contribution is -2.52. The van der Waals surface area contributed by atoms with Gasteiger partial charge in [0.2, 0.25) is 0 Å². The molecular formula is C12H23ClN2O2S. The monoisotopic (exact) mass is 294 g/mol. The van der Waals surface area contributed by atoms with Crippen LogP contribution in [0.1, 0.15) is 39.5 Å². The summed E-state index contributed by atoms with van der Waals surface area (Å²) in [5.41, 5.74) is 0. The fraction of sp³-hybridized carbons (Fsp3) is 1.00. The topological polar surface area (TPSA) is 40.6 Å². The van der Waals surface area contributed by atoms with Crippen LogP contribution in [0.3, 0.4) is 0 Å². The molecule has 0 N–H and O–H groups in total. The van der Waals surface area contributed by atoms with Gasteiger partial charge in [-0.25, -0.2) is 0 Å². The third-order valence-electron chi connectivity index (χ3n) is 4.07. The molecule has 6 heteroatoms. The first-order chi connectivity index (χ1) is 8.46. The van der Waals surface area contributed by atoms with Gasteiger partial charge in [-0.1, -0.05) is 13.3 Å². The summed E-state index contributed by atoms with van der Waals surface area (Å²) in [4.78, 5) is 0. The van der Waals surface area contributed by atoms with E-state index in [9.17, 15) is 8.42 Å². The molecule has 0 saturated carbocycles. The van der Waals surface area contributed by atoms with Crippen LogP contribution in [0.2, 0.25) is 0 Å². The SMILES string of the molecule is CC1CC(C)N(S(=O)(=O)N2CCCCC2CCl)C1. The van der Waals surface area contributed by atoms with Gasteiger partial charge >= 0.3 is 0 Å². The van der Waals surface area contributed by atoms with Crippen LogP contribution in [0.25, 0.3) is 0 Å². The summed E-state index contributed by atoms with van der Waals surface area (Å²) in [7, 11) is -3.32. The third kappa shape index (κ3) is 2.69. The summed E-state index contributed by atoms with van der Waals surface area (Å²) in [6.45, 7) is 5.38. The Morgan fingerprint density at radius 3 is 2.50 bits per heavy atom. The largest absolute Gasteiger partial charge is 0.282 e. The van der Waals surface area contributed by atoms with E-state index in [0.29, 0.717) is 24.9 Å². The van der Waals surface area contributed by atoms with Gasteiger partial charge in [0.1, 0.15) is 0 Å². The quantitative estimate of drug-likeness (QED) is 0.748. The second-order valence-electron chi connectivity index (χ2n) is 5.68. The van der Waals surface area contributed by atoms with Crippen molar-refractivity contribution in [1.29, 1.82) is 0 Å². The van der Waals surface area contributed by atoms with Crippen LogP contribution in [0.4, 0.5) is 0 Å². The summed E-state index contributed by atoms with van der Waals surface area (Å²) < 4.78 is 28.7. The van der Waals surface area contributed by atoms with Crippen LogP contribution >= 0.6 is 11.6 Å².